The molecule has 0 aliphatic rings. The Morgan fingerprint density at radius 1 is 0.962 bits per heavy atom. The van der Waals surface area contributed by atoms with Crippen LogP contribution in [0.15, 0.2) is 47.4 Å². The topological polar surface area (TPSA) is 73.9 Å². The molecule has 0 spiro atoms. The van der Waals surface area contributed by atoms with Crippen molar-refractivity contribution in [3.8, 4) is 17.2 Å². The smallest absolute Gasteiger partial charge is 0.241 e. The van der Waals surface area contributed by atoms with Crippen molar-refractivity contribution in [2.24, 2.45) is 0 Å². The van der Waals surface area contributed by atoms with E-state index in [1.807, 2.05) is 19.9 Å². The number of ether oxygens (including phenoxy) is 3. The average Bonchev–Trinajstić information content (AvgIpc) is 2.63. The summed E-state index contributed by atoms with van der Waals surface area (Å²) in [6.07, 6.45) is 0. The van der Waals surface area contributed by atoms with Gasteiger partial charge in [-0.3, -0.25) is 0 Å². The SMILES string of the molecule is CCOc1ccc(C(C)NS(=O)(=O)c2ccc(OC)cc2)cc1OCC. The first-order chi connectivity index (χ1) is 12.4. The summed E-state index contributed by atoms with van der Waals surface area (Å²) in [4.78, 5) is 0.182. The first kappa shape index (κ1) is 20.1. The summed E-state index contributed by atoms with van der Waals surface area (Å²) in [5.74, 6) is 1.84. The third kappa shape index (κ3) is 4.89. The maximum absolute atomic E-state index is 12.6. The predicted molar refractivity (Wildman–Crippen MR) is 101 cm³/mol. The van der Waals surface area contributed by atoms with Gasteiger partial charge in [0.1, 0.15) is 5.75 Å². The second kappa shape index (κ2) is 8.91. The lowest BCUT2D eigenvalue weighted by atomic mass is 10.1. The highest BCUT2D eigenvalue weighted by atomic mass is 32.2. The summed E-state index contributed by atoms with van der Waals surface area (Å²) in [6, 6.07) is 11.2. The minimum absolute atomic E-state index is 0.182. The Hall–Kier alpha value is -2.25. The number of benzene rings is 2. The van der Waals surface area contributed by atoms with Gasteiger partial charge in [0.05, 0.1) is 25.2 Å². The van der Waals surface area contributed by atoms with Crippen LogP contribution in [0.5, 0.6) is 17.2 Å². The van der Waals surface area contributed by atoms with Gasteiger partial charge in [-0.05, 0) is 62.7 Å². The first-order valence-electron chi connectivity index (χ1n) is 8.47. The van der Waals surface area contributed by atoms with Gasteiger partial charge in [-0.1, -0.05) is 6.07 Å². The second-order valence-electron chi connectivity index (χ2n) is 5.59. The van der Waals surface area contributed by atoms with Crippen molar-refractivity contribution >= 4 is 10.0 Å². The van der Waals surface area contributed by atoms with Crippen LogP contribution in [0, 0.1) is 0 Å². The molecule has 0 bridgehead atoms. The van der Waals surface area contributed by atoms with Crippen LogP contribution in [0.4, 0.5) is 0 Å². The van der Waals surface area contributed by atoms with Crippen molar-refractivity contribution in [1.29, 1.82) is 0 Å². The van der Waals surface area contributed by atoms with Crippen molar-refractivity contribution in [3.05, 3.63) is 48.0 Å². The minimum Gasteiger partial charge on any atom is -0.497 e. The van der Waals surface area contributed by atoms with E-state index in [0.717, 1.165) is 5.56 Å². The highest BCUT2D eigenvalue weighted by molar-refractivity contribution is 7.89. The fourth-order valence-corrected chi connectivity index (χ4v) is 3.69. The Kier molecular flexibility index (Phi) is 6.88. The van der Waals surface area contributed by atoms with Gasteiger partial charge in [0.15, 0.2) is 11.5 Å². The average molecular weight is 379 g/mol. The van der Waals surface area contributed by atoms with Gasteiger partial charge in [0.25, 0.3) is 0 Å². The maximum Gasteiger partial charge on any atom is 0.241 e. The normalized spacial score (nSPS) is 12.5. The molecule has 0 aromatic heterocycles. The molecule has 1 unspecified atom stereocenters. The first-order valence-corrected chi connectivity index (χ1v) is 9.95. The molecule has 0 amide bonds. The lowest BCUT2D eigenvalue weighted by Gasteiger charge is -2.17. The van der Waals surface area contributed by atoms with Crippen LogP contribution in [-0.2, 0) is 10.0 Å². The fourth-order valence-electron chi connectivity index (χ4n) is 2.46. The minimum atomic E-state index is -3.66. The van der Waals surface area contributed by atoms with Crippen LogP contribution >= 0.6 is 0 Å². The number of methoxy groups -OCH3 is 1. The number of hydrogen-bond donors (Lipinski definition) is 1. The van der Waals surface area contributed by atoms with Crippen molar-refractivity contribution in [3.63, 3.8) is 0 Å². The van der Waals surface area contributed by atoms with Gasteiger partial charge >= 0.3 is 0 Å². The van der Waals surface area contributed by atoms with Gasteiger partial charge in [-0.25, -0.2) is 13.1 Å². The van der Waals surface area contributed by atoms with E-state index < -0.39 is 16.1 Å². The van der Waals surface area contributed by atoms with Gasteiger partial charge in [-0.2, -0.15) is 0 Å². The van der Waals surface area contributed by atoms with Crippen LogP contribution in [0.2, 0.25) is 0 Å². The van der Waals surface area contributed by atoms with Gasteiger partial charge in [0, 0.05) is 6.04 Å². The van der Waals surface area contributed by atoms with Crippen molar-refractivity contribution in [2.75, 3.05) is 20.3 Å². The van der Waals surface area contributed by atoms with Gasteiger partial charge in [-0.15, -0.1) is 0 Å². The number of sulfonamides is 1. The Bertz CT molecular complexity index is 818. The molecule has 2 aromatic carbocycles. The lowest BCUT2D eigenvalue weighted by Crippen LogP contribution is -2.26. The fraction of sp³-hybridized carbons (Fsp3) is 0.368. The summed E-state index contributed by atoms with van der Waals surface area (Å²) in [7, 11) is -2.12. The standard InChI is InChI=1S/C19H25NO5S/c1-5-24-18-12-7-15(13-19(18)25-6-2)14(3)20-26(21,22)17-10-8-16(23-4)9-11-17/h7-14,20H,5-6H2,1-4H3. The summed E-state index contributed by atoms with van der Waals surface area (Å²) >= 11 is 0. The molecule has 0 aliphatic heterocycles. The number of rotatable bonds is 9. The molecule has 0 heterocycles. The zero-order valence-corrected chi connectivity index (χ0v) is 16.3. The summed E-state index contributed by atoms with van der Waals surface area (Å²) in [5.41, 5.74) is 0.786. The molecule has 2 rings (SSSR count). The summed E-state index contributed by atoms with van der Waals surface area (Å²) < 4.78 is 44.1. The molecule has 0 fully saturated rings. The highest BCUT2D eigenvalue weighted by Gasteiger charge is 2.19. The van der Waals surface area contributed by atoms with E-state index >= 15 is 0 Å². The molecule has 1 N–H and O–H groups in total. The Balaban J connectivity index is 2.22. The Labute approximate surface area is 155 Å². The molecule has 7 heteroatoms. The summed E-state index contributed by atoms with van der Waals surface area (Å²) in [5, 5.41) is 0. The molecule has 0 saturated heterocycles. The van der Waals surface area contributed by atoms with Crippen LogP contribution in [0.3, 0.4) is 0 Å². The molecule has 1 atom stereocenters. The van der Waals surface area contributed by atoms with E-state index in [9.17, 15) is 8.42 Å². The van der Waals surface area contributed by atoms with Crippen molar-refractivity contribution in [2.45, 2.75) is 31.7 Å². The Morgan fingerprint density at radius 2 is 1.58 bits per heavy atom. The zero-order valence-electron chi connectivity index (χ0n) is 15.5. The molecular formula is C19H25NO5S. The molecule has 26 heavy (non-hydrogen) atoms. The molecule has 6 nitrogen and oxygen atoms in total. The van der Waals surface area contributed by atoms with E-state index in [4.69, 9.17) is 14.2 Å². The van der Waals surface area contributed by atoms with E-state index in [0.29, 0.717) is 30.5 Å². The molecule has 0 radical (unpaired) electrons. The lowest BCUT2D eigenvalue weighted by molar-refractivity contribution is 0.287. The van der Waals surface area contributed by atoms with E-state index in [2.05, 4.69) is 4.72 Å². The van der Waals surface area contributed by atoms with E-state index in [1.54, 1.807) is 31.2 Å². The Morgan fingerprint density at radius 3 is 2.15 bits per heavy atom. The van der Waals surface area contributed by atoms with Crippen LogP contribution in [-0.4, -0.2) is 28.7 Å². The van der Waals surface area contributed by atoms with E-state index in [1.165, 1.54) is 19.2 Å². The van der Waals surface area contributed by atoms with Gasteiger partial charge in [0.2, 0.25) is 10.0 Å². The van der Waals surface area contributed by atoms with Crippen molar-refractivity contribution < 1.29 is 22.6 Å². The summed E-state index contributed by atoms with van der Waals surface area (Å²) in [6.45, 7) is 6.59. The third-order valence-corrected chi connectivity index (χ3v) is 5.33. The molecular weight excluding hydrogens is 354 g/mol. The van der Waals surface area contributed by atoms with Crippen LogP contribution < -0.4 is 18.9 Å². The van der Waals surface area contributed by atoms with Crippen molar-refractivity contribution in [1.82, 2.24) is 4.72 Å². The highest BCUT2D eigenvalue weighted by Crippen LogP contribution is 2.31. The zero-order chi connectivity index (χ0) is 19.2. The third-order valence-electron chi connectivity index (χ3n) is 3.77. The second-order valence-corrected chi connectivity index (χ2v) is 7.30. The number of nitrogens with one attached hydrogen (secondary N) is 1. The molecule has 0 aliphatic carbocycles. The quantitative estimate of drug-likeness (QED) is 0.721. The van der Waals surface area contributed by atoms with E-state index in [-0.39, 0.29) is 4.90 Å². The number of hydrogen-bond acceptors (Lipinski definition) is 5. The largest absolute Gasteiger partial charge is 0.497 e. The van der Waals surface area contributed by atoms with Crippen LogP contribution in [0.25, 0.3) is 0 Å². The van der Waals surface area contributed by atoms with Crippen LogP contribution in [0.1, 0.15) is 32.4 Å². The van der Waals surface area contributed by atoms with Gasteiger partial charge < -0.3 is 14.2 Å². The maximum atomic E-state index is 12.6. The predicted octanol–water partition coefficient (Wildman–Crippen LogP) is 3.53. The molecule has 2 aromatic rings. The molecule has 0 saturated carbocycles. The molecule has 142 valence electrons. The monoisotopic (exact) mass is 379 g/mol.